The van der Waals surface area contributed by atoms with Crippen molar-refractivity contribution in [3.05, 3.63) is 63.9 Å². The number of nitrogens with zero attached hydrogens (tertiary/aromatic N) is 1. The molecule has 2 aromatic carbocycles. The van der Waals surface area contributed by atoms with Crippen LogP contribution in [0.2, 0.25) is 0 Å². The summed E-state index contributed by atoms with van der Waals surface area (Å²) in [6, 6.07) is 11.8. The fraction of sp³-hybridized carbons (Fsp3) is 0.346. The minimum Gasteiger partial charge on any atom is -0.481 e. The van der Waals surface area contributed by atoms with E-state index in [-0.39, 0.29) is 17.3 Å². The van der Waals surface area contributed by atoms with E-state index in [4.69, 9.17) is 4.98 Å². The van der Waals surface area contributed by atoms with Crippen LogP contribution in [0.4, 0.5) is 4.39 Å². The molecule has 0 saturated heterocycles. The van der Waals surface area contributed by atoms with E-state index in [1.807, 2.05) is 25.1 Å². The Kier molecular flexibility index (Phi) is 5.27. The van der Waals surface area contributed by atoms with Gasteiger partial charge in [-0.2, -0.15) is 0 Å². The number of aromatic nitrogens is 1. The predicted molar refractivity (Wildman–Crippen MR) is 128 cm³/mol. The Morgan fingerprint density at radius 1 is 1.06 bits per heavy atom. The standard InChI is InChI=1S/C26H24BrFN2O3/c1-15-21(23(31)30-26-10-7-25(8-11-26,9-12-26)24(32)33)19-14-17(27)5-6-20(19)29-22(15)16-3-2-4-18(28)13-16/h2-6,13-14H,7-12H2,1H3,(H,30,31)(H,32,33). The number of carboxylic acid groups (broad SMARTS) is 1. The van der Waals surface area contributed by atoms with Crippen LogP contribution < -0.4 is 5.32 Å². The third kappa shape index (κ3) is 3.72. The molecule has 0 atom stereocenters. The van der Waals surface area contributed by atoms with Crippen molar-refractivity contribution in [2.45, 2.75) is 51.0 Å². The number of amides is 1. The molecule has 3 aliphatic rings. The molecule has 0 aliphatic heterocycles. The number of carboxylic acids is 1. The molecule has 7 heteroatoms. The minimum atomic E-state index is -0.720. The molecule has 0 unspecified atom stereocenters. The molecule has 5 nitrogen and oxygen atoms in total. The predicted octanol–water partition coefficient (Wildman–Crippen LogP) is 6.02. The van der Waals surface area contributed by atoms with E-state index in [0.29, 0.717) is 66.4 Å². The summed E-state index contributed by atoms with van der Waals surface area (Å²) in [7, 11) is 0. The highest BCUT2D eigenvalue weighted by molar-refractivity contribution is 9.10. The number of halogens is 2. The fourth-order valence-electron chi connectivity index (χ4n) is 5.54. The Balaban J connectivity index is 1.57. The summed E-state index contributed by atoms with van der Waals surface area (Å²) >= 11 is 3.50. The Morgan fingerprint density at radius 2 is 1.76 bits per heavy atom. The molecule has 1 amide bonds. The molecular weight excluding hydrogens is 487 g/mol. The SMILES string of the molecule is Cc1c(-c2cccc(F)c2)nc2ccc(Br)cc2c1C(=O)NC12CCC(C(=O)O)(CC1)CC2. The zero-order valence-corrected chi connectivity index (χ0v) is 19.8. The van der Waals surface area contributed by atoms with Crippen LogP contribution in [0, 0.1) is 18.2 Å². The van der Waals surface area contributed by atoms with E-state index in [2.05, 4.69) is 21.2 Å². The monoisotopic (exact) mass is 510 g/mol. The van der Waals surface area contributed by atoms with Gasteiger partial charge in [-0.15, -0.1) is 0 Å². The molecule has 3 aromatic rings. The second kappa shape index (κ2) is 7.90. The van der Waals surface area contributed by atoms with Gasteiger partial charge in [-0.25, -0.2) is 9.37 Å². The van der Waals surface area contributed by atoms with E-state index in [1.165, 1.54) is 12.1 Å². The lowest BCUT2D eigenvalue weighted by Gasteiger charge is -2.51. The van der Waals surface area contributed by atoms with Gasteiger partial charge in [0.2, 0.25) is 0 Å². The Morgan fingerprint density at radius 3 is 2.39 bits per heavy atom. The van der Waals surface area contributed by atoms with Crippen LogP contribution in [0.15, 0.2) is 46.9 Å². The molecule has 33 heavy (non-hydrogen) atoms. The number of benzene rings is 2. The number of aliphatic carboxylic acids is 1. The lowest BCUT2D eigenvalue weighted by atomic mass is 9.57. The van der Waals surface area contributed by atoms with Crippen LogP contribution in [0.3, 0.4) is 0 Å². The third-order valence-corrected chi connectivity index (χ3v) is 8.09. The van der Waals surface area contributed by atoms with Gasteiger partial charge in [-0.05, 0) is 81.3 Å². The first kappa shape index (κ1) is 22.0. The van der Waals surface area contributed by atoms with Crippen molar-refractivity contribution >= 4 is 38.7 Å². The number of rotatable bonds is 4. The van der Waals surface area contributed by atoms with Crippen molar-refractivity contribution < 1.29 is 19.1 Å². The van der Waals surface area contributed by atoms with Gasteiger partial charge in [0.1, 0.15) is 5.82 Å². The molecule has 1 heterocycles. The van der Waals surface area contributed by atoms with Gasteiger partial charge in [0.05, 0.1) is 22.2 Å². The van der Waals surface area contributed by atoms with Gasteiger partial charge in [-0.3, -0.25) is 9.59 Å². The maximum absolute atomic E-state index is 14.0. The summed E-state index contributed by atoms with van der Waals surface area (Å²) in [5.74, 6) is -1.27. The quantitative estimate of drug-likeness (QED) is 0.449. The van der Waals surface area contributed by atoms with Gasteiger partial charge in [0.15, 0.2) is 0 Å². The molecule has 0 radical (unpaired) electrons. The Bertz CT molecular complexity index is 1280. The van der Waals surface area contributed by atoms with Crippen LogP contribution in [0.1, 0.15) is 54.4 Å². The van der Waals surface area contributed by atoms with Gasteiger partial charge in [-0.1, -0.05) is 28.1 Å². The molecule has 2 N–H and O–H groups in total. The molecule has 170 valence electrons. The van der Waals surface area contributed by atoms with Gasteiger partial charge in [0.25, 0.3) is 5.91 Å². The summed E-state index contributed by atoms with van der Waals surface area (Å²) < 4.78 is 14.8. The summed E-state index contributed by atoms with van der Waals surface area (Å²) in [6.45, 7) is 1.84. The molecule has 0 spiro atoms. The highest BCUT2D eigenvalue weighted by Crippen LogP contribution is 2.52. The first-order valence-electron chi connectivity index (χ1n) is 11.1. The lowest BCUT2D eigenvalue weighted by Crippen LogP contribution is -2.58. The number of hydrogen-bond donors (Lipinski definition) is 2. The number of pyridine rings is 1. The maximum Gasteiger partial charge on any atom is 0.309 e. The molecular formula is C26H24BrFN2O3. The van der Waals surface area contributed by atoms with Crippen molar-refractivity contribution in [2.24, 2.45) is 5.41 Å². The van der Waals surface area contributed by atoms with Crippen LogP contribution in [-0.2, 0) is 4.79 Å². The zero-order chi connectivity index (χ0) is 23.4. The lowest BCUT2D eigenvalue weighted by molar-refractivity contribution is -0.156. The van der Waals surface area contributed by atoms with Crippen molar-refractivity contribution in [3.63, 3.8) is 0 Å². The average Bonchev–Trinajstić information content (AvgIpc) is 2.79. The first-order chi connectivity index (χ1) is 15.7. The molecule has 3 saturated carbocycles. The van der Waals surface area contributed by atoms with Crippen molar-refractivity contribution in [2.75, 3.05) is 0 Å². The Hall–Kier alpha value is -2.80. The molecule has 3 aliphatic carbocycles. The van der Waals surface area contributed by atoms with Crippen LogP contribution >= 0.6 is 15.9 Å². The normalized spacial score (nSPS) is 24.1. The summed E-state index contributed by atoms with van der Waals surface area (Å²) in [6.07, 6.45) is 3.73. The summed E-state index contributed by atoms with van der Waals surface area (Å²) in [5, 5.41) is 13.7. The maximum atomic E-state index is 14.0. The van der Waals surface area contributed by atoms with Crippen LogP contribution in [0.5, 0.6) is 0 Å². The number of carbonyl (C=O) groups excluding carboxylic acids is 1. The Labute approximate surface area is 199 Å². The smallest absolute Gasteiger partial charge is 0.309 e. The highest BCUT2D eigenvalue weighted by Gasteiger charge is 2.53. The van der Waals surface area contributed by atoms with Crippen molar-refractivity contribution in [1.82, 2.24) is 10.3 Å². The molecule has 2 bridgehead atoms. The van der Waals surface area contributed by atoms with E-state index < -0.39 is 11.4 Å². The summed E-state index contributed by atoms with van der Waals surface area (Å²) in [4.78, 5) is 30.3. The largest absolute Gasteiger partial charge is 0.481 e. The third-order valence-electron chi connectivity index (χ3n) is 7.59. The second-order valence-corrected chi connectivity index (χ2v) is 10.4. The number of hydrogen-bond acceptors (Lipinski definition) is 3. The van der Waals surface area contributed by atoms with Gasteiger partial charge in [0, 0.05) is 21.0 Å². The minimum absolute atomic E-state index is 0.194. The van der Waals surface area contributed by atoms with E-state index in [9.17, 15) is 19.1 Å². The first-order valence-corrected chi connectivity index (χ1v) is 11.9. The fourth-order valence-corrected chi connectivity index (χ4v) is 5.90. The van der Waals surface area contributed by atoms with E-state index in [0.717, 1.165) is 9.86 Å². The number of nitrogens with one attached hydrogen (secondary N) is 1. The second-order valence-electron chi connectivity index (χ2n) is 9.45. The van der Waals surface area contributed by atoms with Gasteiger partial charge >= 0.3 is 5.97 Å². The van der Waals surface area contributed by atoms with Crippen molar-refractivity contribution in [3.8, 4) is 11.3 Å². The van der Waals surface area contributed by atoms with E-state index in [1.54, 1.807) is 12.1 Å². The van der Waals surface area contributed by atoms with E-state index >= 15 is 0 Å². The number of fused-ring (bicyclic) bond motifs is 4. The summed E-state index contributed by atoms with van der Waals surface area (Å²) in [5.41, 5.74) is 2.03. The number of carbonyl (C=O) groups is 2. The van der Waals surface area contributed by atoms with Crippen LogP contribution in [0.25, 0.3) is 22.2 Å². The van der Waals surface area contributed by atoms with Crippen LogP contribution in [-0.4, -0.2) is 27.5 Å². The molecule has 6 rings (SSSR count). The molecule has 3 fully saturated rings. The van der Waals surface area contributed by atoms with Gasteiger partial charge < -0.3 is 10.4 Å². The highest BCUT2D eigenvalue weighted by atomic mass is 79.9. The zero-order valence-electron chi connectivity index (χ0n) is 18.3. The molecule has 1 aromatic heterocycles. The average molecular weight is 511 g/mol. The van der Waals surface area contributed by atoms with Crippen molar-refractivity contribution in [1.29, 1.82) is 0 Å². The topological polar surface area (TPSA) is 79.3 Å².